The first-order chi connectivity index (χ1) is 6.43. The molecule has 0 bridgehead atoms. The van der Waals surface area contributed by atoms with Crippen LogP contribution in [0, 0.1) is 0 Å². The number of rotatable bonds is 2. The lowest BCUT2D eigenvalue weighted by atomic mass is 10.2. The highest BCUT2D eigenvalue weighted by molar-refractivity contribution is 6.19. The van der Waals surface area contributed by atoms with E-state index in [4.69, 9.17) is 11.6 Å². The molecule has 2 rings (SSSR count). The molecule has 0 radical (unpaired) electrons. The molecule has 13 heavy (non-hydrogen) atoms. The fourth-order valence-corrected chi connectivity index (χ4v) is 0.834. The Morgan fingerprint density at radius 2 is 1.85 bits per heavy atom. The van der Waals surface area contributed by atoms with E-state index < -0.39 is 0 Å². The van der Waals surface area contributed by atoms with Gasteiger partial charge in [-0.05, 0) is 5.56 Å². The van der Waals surface area contributed by atoms with Crippen molar-refractivity contribution in [1.29, 1.82) is 0 Å². The molecule has 0 saturated carbocycles. The Hall–Kier alpha value is -0.790. The number of alkyl halides is 1. The van der Waals surface area contributed by atoms with Crippen LogP contribution in [0.15, 0.2) is 36.4 Å². The molecule has 1 heterocycles. The van der Waals surface area contributed by atoms with Crippen molar-refractivity contribution < 1.29 is 0 Å². The van der Waals surface area contributed by atoms with Gasteiger partial charge in [0.1, 0.15) is 0 Å². The zero-order valence-corrected chi connectivity index (χ0v) is 8.30. The Labute approximate surface area is 84.4 Å². The van der Waals surface area contributed by atoms with Crippen molar-refractivity contribution in [2.45, 2.75) is 0 Å². The standard InChI is InChI=1S/C9H9Cl.C2H5N/c10-8-4-7-9-5-2-1-3-6-9;1-2-3-1/h1-7H,8H2;3H,1-2H2. The van der Waals surface area contributed by atoms with E-state index in [2.05, 4.69) is 5.32 Å². The lowest BCUT2D eigenvalue weighted by Crippen LogP contribution is -1.67. The Bertz CT molecular complexity index is 239. The Morgan fingerprint density at radius 1 is 1.23 bits per heavy atom. The predicted octanol–water partition coefficient (Wildman–Crippen LogP) is 2.53. The van der Waals surface area contributed by atoms with Crippen LogP contribution in [0.5, 0.6) is 0 Å². The quantitative estimate of drug-likeness (QED) is 0.569. The Morgan fingerprint density at radius 3 is 2.31 bits per heavy atom. The highest BCUT2D eigenvalue weighted by Gasteiger charge is 1.91. The van der Waals surface area contributed by atoms with Crippen LogP contribution in [0.2, 0.25) is 0 Å². The number of allylic oxidation sites excluding steroid dienone is 1. The SMILES string of the molecule is C1CN1.ClCC=Cc1ccccc1. The van der Waals surface area contributed by atoms with E-state index in [0.29, 0.717) is 5.88 Å². The van der Waals surface area contributed by atoms with Crippen LogP contribution in [0.1, 0.15) is 5.56 Å². The lowest BCUT2D eigenvalue weighted by Gasteiger charge is -1.87. The molecule has 0 aliphatic carbocycles. The van der Waals surface area contributed by atoms with E-state index in [0.717, 1.165) is 0 Å². The van der Waals surface area contributed by atoms with Gasteiger partial charge in [-0.1, -0.05) is 42.5 Å². The minimum atomic E-state index is 0.578. The van der Waals surface area contributed by atoms with E-state index in [-0.39, 0.29) is 0 Å². The summed E-state index contributed by atoms with van der Waals surface area (Å²) < 4.78 is 0. The fraction of sp³-hybridized carbons (Fsp3) is 0.273. The zero-order valence-electron chi connectivity index (χ0n) is 7.54. The van der Waals surface area contributed by atoms with Crippen molar-refractivity contribution >= 4 is 17.7 Å². The first kappa shape index (κ1) is 10.3. The summed E-state index contributed by atoms with van der Waals surface area (Å²) in [5.74, 6) is 0.578. The van der Waals surface area contributed by atoms with Gasteiger partial charge in [0.25, 0.3) is 0 Å². The highest BCUT2D eigenvalue weighted by atomic mass is 35.5. The van der Waals surface area contributed by atoms with Gasteiger partial charge in [0.05, 0.1) is 0 Å². The van der Waals surface area contributed by atoms with E-state index in [1.807, 2.05) is 42.5 Å². The monoisotopic (exact) mass is 195 g/mol. The molecule has 1 nitrogen and oxygen atoms in total. The van der Waals surface area contributed by atoms with Gasteiger partial charge in [-0.2, -0.15) is 0 Å². The maximum atomic E-state index is 5.46. The van der Waals surface area contributed by atoms with Crippen molar-refractivity contribution in [1.82, 2.24) is 5.32 Å². The van der Waals surface area contributed by atoms with Crippen LogP contribution in [0.4, 0.5) is 0 Å². The molecular formula is C11H14ClN. The Kier molecular flexibility index (Phi) is 5.30. The third-order valence-electron chi connectivity index (χ3n) is 1.45. The molecule has 1 saturated heterocycles. The van der Waals surface area contributed by atoms with Gasteiger partial charge in [0.15, 0.2) is 0 Å². The number of halogens is 1. The van der Waals surface area contributed by atoms with Gasteiger partial charge >= 0.3 is 0 Å². The first-order valence-corrected chi connectivity index (χ1v) is 4.95. The minimum absolute atomic E-state index is 0.578. The minimum Gasteiger partial charge on any atom is -0.314 e. The molecule has 1 N–H and O–H groups in total. The molecule has 2 heteroatoms. The zero-order chi connectivity index (χ0) is 9.36. The van der Waals surface area contributed by atoms with E-state index in [9.17, 15) is 0 Å². The van der Waals surface area contributed by atoms with Gasteiger partial charge in [-0.3, -0.25) is 0 Å². The summed E-state index contributed by atoms with van der Waals surface area (Å²) in [5.41, 5.74) is 1.20. The van der Waals surface area contributed by atoms with Gasteiger partial charge < -0.3 is 5.32 Å². The molecule has 1 aliphatic heterocycles. The van der Waals surface area contributed by atoms with Crippen molar-refractivity contribution in [2.75, 3.05) is 19.0 Å². The second-order valence-corrected chi connectivity index (χ2v) is 3.03. The maximum absolute atomic E-state index is 5.46. The maximum Gasteiger partial charge on any atom is 0.0407 e. The normalized spacial score (nSPS) is 13.6. The van der Waals surface area contributed by atoms with Crippen molar-refractivity contribution in [3.05, 3.63) is 42.0 Å². The van der Waals surface area contributed by atoms with Crippen molar-refractivity contribution in [2.24, 2.45) is 0 Å². The summed E-state index contributed by atoms with van der Waals surface area (Å²) in [5, 5.41) is 3.00. The average Bonchev–Trinajstić information content (AvgIpc) is 3.03. The third kappa shape index (κ3) is 6.38. The van der Waals surface area contributed by atoms with Gasteiger partial charge in [0.2, 0.25) is 0 Å². The molecule has 0 atom stereocenters. The van der Waals surface area contributed by atoms with Crippen LogP contribution >= 0.6 is 11.6 Å². The number of hydrogen-bond donors (Lipinski definition) is 1. The van der Waals surface area contributed by atoms with Crippen molar-refractivity contribution in [3.8, 4) is 0 Å². The second-order valence-electron chi connectivity index (χ2n) is 2.72. The molecule has 0 unspecified atom stereocenters. The number of hydrogen-bond acceptors (Lipinski definition) is 1. The summed E-state index contributed by atoms with van der Waals surface area (Å²) >= 11 is 5.46. The third-order valence-corrected chi connectivity index (χ3v) is 1.63. The van der Waals surface area contributed by atoms with Crippen LogP contribution in [0.3, 0.4) is 0 Å². The van der Waals surface area contributed by atoms with Crippen LogP contribution in [0.25, 0.3) is 6.08 Å². The smallest absolute Gasteiger partial charge is 0.0407 e. The van der Waals surface area contributed by atoms with Crippen LogP contribution in [-0.2, 0) is 0 Å². The van der Waals surface area contributed by atoms with E-state index >= 15 is 0 Å². The number of nitrogens with one attached hydrogen (secondary N) is 1. The second kappa shape index (κ2) is 6.70. The van der Waals surface area contributed by atoms with E-state index in [1.165, 1.54) is 18.7 Å². The predicted molar refractivity (Wildman–Crippen MR) is 59.1 cm³/mol. The van der Waals surface area contributed by atoms with E-state index in [1.54, 1.807) is 0 Å². The Balaban J connectivity index is 0.000000236. The first-order valence-electron chi connectivity index (χ1n) is 4.42. The summed E-state index contributed by atoms with van der Waals surface area (Å²) in [4.78, 5) is 0. The molecule has 0 aromatic heterocycles. The number of benzene rings is 1. The molecule has 1 aromatic rings. The molecule has 1 aliphatic rings. The summed E-state index contributed by atoms with van der Waals surface area (Å²) in [7, 11) is 0. The molecule has 0 amide bonds. The average molecular weight is 196 g/mol. The van der Waals surface area contributed by atoms with Gasteiger partial charge in [-0.25, -0.2) is 0 Å². The topological polar surface area (TPSA) is 21.9 Å². The summed E-state index contributed by atoms with van der Waals surface area (Å²) in [6.45, 7) is 2.50. The van der Waals surface area contributed by atoms with Crippen molar-refractivity contribution in [3.63, 3.8) is 0 Å². The largest absolute Gasteiger partial charge is 0.314 e. The van der Waals surface area contributed by atoms with Gasteiger partial charge in [-0.15, -0.1) is 11.6 Å². The highest BCUT2D eigenvalue weighted by Crippen LogP contribution is 2.00. The molecule has 0 spiro atoms. The van der Waals surface area contributed by atoms with Gasteiger partial charge in [0, 0.05) is 19.0 Å². The molecular weight excluding hydrogens is 182 g/mol. The summed E-state index contributed by atoms with van der Waals surface area (Å²) in [6, 6.07) is 10.1. The lowest BCUT2D eigenvalue weighted by molar-refractivity contribution is 1.34. The summed E-state index contributed by atoms with van der Waals surface area (Å²) in [6.07, 6.45) is 3.93. The fourth-order valence-electron chi connectivity index (χ4n) is 0.745. The van der Waals surface area contributed by atoms with Crippen LogP contribution < -0.4 is 5.32 Å². The molecule has 70 valence electrons. The van der Waals surface area contributed by atoms with Crippen LogP contribution in [-0.4, -0.2) is 19.0 Å². The molecule has 1 aromatic carbocycles. The molecule has 1 fully saturated rings.